The monoisotopic (exact) mass is 311 g/mol. The van der Waals surface area contributed by atoms with Gasteiger partial charge in [-0.25, -0.2) is 0 Å². The molecule has 3 rings (SSSR count). The van der Waals surface area contributed by atoms with Gasteiger partial charge in [-0.2, -0.15) is 0 Å². The molecule has 1 unspecified atom stereocenters. The number of hydrogen-bond acceptors (Lipinski definition) is 3. The van der Waals surface area contributed by atoms with Crippen LogP contribution in [0.1, 0.15) is 22.3 Å². The summed E-state index contributed by atoms with van der Waals surface area (Å²) in [6.07, 6.45) is 0.586. The molecule has 1 aliphatic heterocycles. The lowest BCUT2D eigenvalue weighted by Gasteiger charge is -2.30. The van der Waals surface area contributed by atoms with Crippen LogP contribution in [0.2, 0.25) is 0 Å². The number of aliphatic hydroxyl groups is 1. The molecular formula is C20H25NO2. The van der Waals surface area contributed by atoms with Gasteiger partial charge in [0.25, 0.3) is 0 Å². The molecule has 0 saturated carbocycles. The van der Waals surface area contributed by atoms with Crippen molar-refractivity contribution in [3.63, 3.8) is 0 Å². The lowest BCUT2D eigenvalue weighted by Crippen LogP contribution is -2.38. The van der Waals surface area contributed by atoms with E-state index in [1.165, 1.54) is 22.3 Å². The number of hydrogen-bond donors (Lipinski definition) is 1. The molecule has 0 radical (unpaired) electrons. The van der Waals surface area contributed by atoms with E-state index in [1.807, 2.05) is 12.1 Å². The lowest BCUT2D eigenvalue weighted by molar-refractivity contribution is 0.0637. The highest BCUT2D eigenvalue weighted by Gasteiger charge is 2.18. The average molecular weight is 311 g/mol. The third kappa shape index (κ3) is 4.12. The van der Waals surface area contributed by atoms with Crippen LogP contribution in [0.25, 0.3) is 0 Å². The first-order chi connectivity index (χ1) is 11.1. The fourth-order valence-corrected chi connectivity index (χ4v) is 3.06. The number of benzene rings is 2. The van der Waals surface area contributed by atoms with Crippen LogP contribution in [-0.4, -0.2) is 35.8 Å². The molecule has 3 heteroatoms. The first-order valence-corrected chi connectivity index (χ1v) is 8.29. The molecular weight excluding hydrogens is 286 g/mol. The zero-order chi connectivity index (χ0) is 16.2. The van der Waals surface area contributed by atoms with Crippen LogP contribution in [-0.2, 0) is 13.0 Å². The Morgan fingerprint density at radius 1 is 1.09 bits per heavy atom. The number of ether oxygens (including phenoxy) is 1. The van der Waals surface area contributed by atoms with Gasteiger partial charge in [0.1, 0.15) is 18.5 Å². The summed E-state index contributed by atoms with van der Waals surface area (Å²) in [6.45, 7) is 7.06. The maximum Gasteiger partial charge on any atom is 0.119 e. The minimum absolute atomic E-state index is 0.334. The Morgan fingerprint density at radius 2 is 1.87 bits per heavy atom. The standard InChI is InChI=1S/C20H25NO2/c1-15-7-8-20(11-16(15)2)23-14-19(22)13-21-10-9-17-5-3-4-6-18(17)12-21/h3-8,11,19,22H,9-10,12-14H2,1-2H3. The van der Waals surface area contributed by atoms with Crippen LogP contribution in [0.4, 0.5) is 0 Å². The summed E-state index contributed by atoms with van der Waals surface area (Å²) < 4.78 is 5.74. The van der Waals surface area contributed by atoms with Crippen molar-refractivity contribution >= 4 is 0 Å². The van der Waals surface area contributed by atoms with Crippen LogP contribution in [0, 0.1) is 13.8 Å². The van der Waals surface area contributed by atoms with Gasteiger partial charge in [0, 0.05) is 19.6 Å². The first-order valence-electron chi connectivity index (χ1n) is 8.29. The number of nitrogens with zero attached hydrogens (tertiary/aromatic N) is 1. The zero-order valence-electron chi connectivity index (χ0n) is 14.0. The van der Waals surface area contributed by atoms with Crippen LogP contribution in [0.3, 0.4) is 0 Å². The molecule has 1 N–H and O–H groups in total. The Balaban J connectivity index is 1.50. The molecule has 1 heterocycles. The summed E-state index contributed by atoms with van der Waals surface area (Å²) >= 11 is 0. The second kappa shape index (κ2) is 7.16. The molecule has 23 heavy (non-hydrogen) atoms. The fourth-order valence-electron chi connectivity index (χ4n) is 3.06. The summed E-state index contributed by atoms with van der Waals surface area (Å²) in [5.74, 6) is 0.830. The smallest absolute Gasteiger partial charge is 0.119 e. The van der Waals surface area contributed by atoms with Crippen LogP contribution in [0.15, 0.2) is 42.5 Å². The van der Waals surface area contributed by atoms with E-state index in [-0.39, 0.29) is 0 Å². The molecule has 0 aromatic heterocycles. The number of fused-ring (bicyclic) bond motifs is 1. The van der Waals surface area contributed by atoms with Gasteiger partial charge < -0.3 is 9.84 Å². The van der Waals surface area contributed by atoms with Crippen LogP contribution in [0.5, 0.6) is 5.75 Å². The predicted molar refractivity (Wildman–Crippen MR) is 92.8 cm³/mol. The highest BCUT2D eigenvalue weighted by molar-refractivity contribution is 5.33. The van der Waals surface area contributed by atoms with E-state index in [9.17, 15) is 5.11 Å². The molecule has 0 amide bonds. The first kappa shape index (κ1) is 16.0. The van der Waals surface area contributed by atoms with Gasteiger partial charge in [-0.15, -0.1) is 0 Å². The number of β-amino-alcohol motifs (C(OH)–C–C–N with tert-alkyl or cyclic N) is 1. The molecule has 0 spiro atoms. The second-order valence-electron chi connectivity index (χ2n) is 6.46. The molecule has 2 aromatic carbocycles. The maximum atomic E-state index is 10.3. The van der Waals surface area contributed by atoms with Crippen molar-refractivity contribution in [2.45, 2.75) is 32.9 Å². The number of rotatable bonds is 5. The number of aliphatic hydroxyl groups excluding tert-OH is 1. The minimum atomic E-state index is -0.470. The highest BCUT2D eigenvalue weighted by atomic mass is 16.5. The van der Waals surface area contributed by atoms with Crippen molar-refractivity contribution in [2.24, 2.45) is 0 Å². The van der Waals surface area contributed by atoms with Gasteiger partial charge in [-0.05, 0) is 54.7 Å². The van der Waals surface area contributed by atoms with E-state index in [1.54, 1.807) is 0 Å². The van der Waals surface area contributed by atoms with Gasteiger partial charge in [-0.3, -0.25) is 4.90 Å². The van der Waals surface area contributed by atoms with Crippen molar-refractivity contribution in [1.82, 2.24) is 4.90 Å². The van der Waals surface area contributed by atoms with Crippen LogP contribution >= 0.6 is 0 Å². The van der Waals surface area contributed by atoms with E-state index in [4.69, 9.17) is 4.74 Å². The average Bonchev–Trinajstić information content (AvgIpc) is 2.56. The molecule has 2 aromatic rings. The predicted octanol–water partition coefficient (Wildman–Crippen LogP) is 3.10. The van der Waals surface area contributed by atoms with Gasteiger partial charge in [-0.1, -0.05) is 30.3 Å². The summed E-state index contributed by atoms with van der Waals surface area (Å²) in [7, 11) is 0. The second-order valence-corrected chi connectivity index (χ2v) is 6.46. The summed E-state index contributed by atoms with van der Waals surface area (Å²) in [5, 5.41) is 10.3. The quantitative estimate of drug-likeness (QED) is 0.921. The molecule has 0 saturated heterocycles. The van der Waals surface area contributed by atoms with E-state index < -0.39 is 6.10 Å². The minimum Gasteiger partial charge on any atom is -0.491 e. The summed E-state index contributed by atoms with van der Waals surface area (Å²) in [5.41, 5.74) is 5.28. The Morgan fingerprint density at radius 3 is 2.65 bits per heavy atom. The molecule has 0 bridgehead atoms. The third-order valence-electron chi connectivity index (χ3n) is 4.60. The number of aryl methyl sites for hydroxylation is 2. The molecule has 1 aliphatic rings. The van der Waals surface area contributed by atoms with Crippen molar-refractivity contribution < 1.29 is 9.84 Å². The van der Waals surface area contributed by atoms with Gasteiger partial charge in [0.2, 0.25) is 0 Å². The topological polar surface area (TPSA) is 32.7 Å². The zero-order valence-corrected chi connectivity index (χ0v) is 14.0. The lowest BCUT2D eigenvalue weighted by atomic mass is 10.00. The maximum absolute atomic E-state index is 10.3. The molecule has 122 valence electrons. The Kier molecular flexibility index (Phi) is 4.99. The normalized spacial score (nSPS) is 16.0. The van der Waals surface area contributed by atoms with E-state index in [2.05, 4.69) is 49.1 Å². The molecule has 0 fully saturated rings. The Hall–Kier alpha value is -1.84. The van der Waals surface area contributed by atoms with Gasteiger partial charge >= 0.3 is 0 Å². The van der Waals surface area contributed by atoms with Crippen LogP contribution < -0.4 is 4.74 Å². The summed E-state index contributed by atoms with van der Waals surface area (Å²) in [4.78, 5) is 2.30. The molecule has 0 aliphatic carbocycles. The van der Waals surface area contributed by atoms with Crippen molar-refractivity contribution in [2.75, 3.05) is 19.7 Å². The Labute approximate surface area is 138 Å². The van der Waals surface area contributed by atoms with Crippen molar-refractivity contribution in [1.29, 1.82) is 0 Å². The SMILES string of the molecule is Cc1ccc(OCC(O)CN2CCc3ccccc3C2)cc1C. The van der Waals surface area contributed by atoms with E-state index in [0.29, 0.717) is 13.2 Å². The fraction of sp³-hybridized carbons (Fsp3) is 0.400. The largest absolute Gasteiger partial charge is 0.491 e. The van der Waals surface area contributed by atoms with Gasteiger partial charge in [0.15, 0.2) is 0 Å². The van der Waals surface area contributed by atoms with E-state index in [0.717, 1.165) is 25.3 Å². The summed E-state index contributed by atoms with van der Waals surface area (Å²) in [6, 6.07) is 14.6. The highest BCUT2D eigenvalue weighted by Crippen LogP contribution is 2.19. The van der Waals surface area contributed by atoms with Crippen molar-refractivity contribution in [3.8, 4) is 5.75 Å². The Bertz CT molecular complexity index is 668. The van der Waals surface area contributed by atoms with E-state index >= 15 is 0 Å². The van der Waals surface area contributed by atoms with Crippen molar-refractivity contribution in [3.05, 3.63) is 64.7 Å². The van der Waals surface area contributed by atoms with Gasteiger partial charge in [0.05, 0.1) is 0 Å². The molecule has 3 nitrogen and oxygen atoms in total. The third-order valence-corrected chi connectivity index (χ3v) is 4.60. The molecule has 1 atom stereocenters.